The van der Waals surface area contributed by atoms with Crippen LogP contribution in [0.25, 0.3) is 10.9 Å². The minimum atomic E-state index is -2.26. The molecule has 1 aromatic carbocycles. The van der Waals surface area contributed by atoms with Gasteiger partial charge in [0.05, 0.1) is 6.61 Å². The molecule has 2 aromatic rings. The van der Waals surface area contributed by atoms with Crippen molar-refractivity contribution in [1.29, 1.82) is 0 Å². The Morgan fingerprint density at radius 1 is 1.32 bits per heavy atom. The third kappa shape index (κ3) is 1.56. The van der Waals surface area contributed by atoms with E-state index in [9.17, 15) is 20.1 Å². The molecule has 2 aliphatic heterocycles. The zero-order valence-electron chi connectivity index (χ0n) is 11.5. The van der Waals surface area contributed by atoms with Gasteiger partial charge >= 0.3 is 5.97 Å². The lowest BCUT2D eigenvalue weighted by Gasteiger charge is -2.31. The Labute approximate surface area is 125 Å². The fraction of sp³-hybridized carbons (Fsp3) is 0.400. The highest BCUT2D eigenvalue weighted by Gasteiger charge is 2.73. The van der Waals surface area contributed by atoms with Gasteiger partial charge in [0.15, 0.2) is 6.10 Å². The number of ether oxygens (including phenoxy) is 2. The number of esters is 1. The quantitative estimate of drug-likeness (QED) is 0.554. The van der Waals surface area contributed by atoms with E-state index >= 15 is 0 Å². The van der Waals surface area contributed by atoms with Crippen molar-refractivity contribution in [3.05, 3.63) is 36.0 Å². The summed E-state index contributed by atoms with van der Waals surface area (Å²) < 4.78 is 10.1. The Hall–Kier alpha value is -1.93. The number of fused-ring (bicyclic) bond motifs is 2. The predicted molar refractivity (Wildman–Crippen MR) is 73.7 cm³/mol. The highest BCUT2D eigenvalue weighted by molar-refractivity contribution is 5.87. The second-order valence-electron chi connectivity index (χ2n) is 5.80. The van der Waals surface area contributed by atoms with Crippen molar-refractivity contribution in [2.45, 2.75) is 30.0 Å². The van der Waals surface area contributed by atoms with Crippen molar-refractivity contribution in [3.8, 4) is 0 Å². The second kappa shape index (κ2) is 4.30. The standard InChI is InChI=1S/C15H15NO6/c17-11-7-21-15(20)12(11)22-13(18)14(15,19)5-8-6-16-10-4-2-1-3-9(8)10/h1-4,6,11-12,16-17,19-20H,5,7H2/t11?,12?,14-,15+/m1/s1. The van der Waals surface area contributed by atoms with E-state index in [0.717, 1.165) is 10.9 Å². The molecule has 0 saturated carbocycles. The van der Waals surface area contributed by atoms with Gasteiger partial charge in [-0.3, -0.25) is 0 Å². The van der Waals surface area contributed by atoms with Crippen LogP contribution in [-0.4, -0.2) is 56.5 Å². The number of aromatic amines is 1. The van der Waals surface area contributed by atoms with Crippen LogP contribution in [0.5, 0.6) is 0 Å². The van der Waals surface area contributed by atoms with Crippen molar-refractivity contribution < 1.29 is 29.6 Å². The van der Waals surface area contributed by atoms with Gasteiger partial charge in [0, 0.05) is 23.5 Å². The Morgan fingerprint density at radius 3 is 2.91 bits per heavy atom. The van der Waals surface area contributed by atoms with E-state index in [-0.39, 0.29) is 13.0 Å². The molecule has 4 atom stereocenters. The molecule has 0 radical (unpaired) electrons. The highest BCUT2D eigenvalue weighted by Crippen LogP contribution is 2.45. The summed E-state index contributed by atoms with van der Waals surface area (Å²) >= 11 is 0. The summed E-state index contributed by atoms with van der Waals surface area (Å²) in [5.74, 6) is -3.24. The van der Waals surface area contributed by atoms with Gasteiger partial charge in [-0.1, -0.05) is 18.2 Å². The van der Waals surface area contributed by atoms with Crippen molar-refractivity contribution in [1.82, 2.24) is 4.98 Å². The average Bonchev–Trinajstić information content (AvgIpc) is 3.09. The molecule has 0 bridgehead atoms. The van der Waals surface area contributed by atoms with E-state index in [0.29, 0.717) is 5.56 Å². The lowest BCUT2D eigenvalue weighted by molar-refractivity contribution is -0.262. The van der Waals surface area contributed by atoms with Gasteiger partial charge in [0.25, 0.3) is 0 Å². The van der Waals surface area contributed by atoms with Crippen LogP contribution in [0.2, 0.25) is 0 Å². The number of nitrogens with one attached hydrogen (secondary N) is 1. The lowest BCUT2D eigenvalue weighted by atomic mass is 9.85. The van der Waals surface area contributed by atoms with Crippen LogP contribution >= 0.6 is 0 Å². The van der Waals surface area contributed by atoms with Crippen molar-refractivity contribution in [2.24, 2.45) is 0 Å². The van der Waals surface area contributed by atoms with Gasteiger partial charge < -0.3 is 29.8 Å². The molecule has 3 heterocycles. The molecule has 2 aliphatic rings. The van der Waals surface area contributed by atoms with Crippen LogP contribution in [0.1, 0.15) is 5.56 Å². The van der Waals surface area contributed by atoms with Crippen LogP contribution in [-0.2, 0) is 20.7 Å². The molecule has 2 unspecified atom stereocenters. The van der Waals surface area contributed by atoms with Gasteiger partial charge in [-0.15, -0.1) is 0 Å². The number of aliphatic hydroxyl groups excluding tert-OH is 1. The maximum Gasteiger partial charge on any atom is 0.344 e. The summed E-state index contributed by atoms with van der Waals surface area (Å²) in [7, 11) is 0. The molecule has 116 valence electrons. The number of rotatable bonds is 2. The number of hydrogen-bond acceptors (Lipinski definition) is 6. The maximum absolute atomic E-state index is 12.1. The summed E-state index contributed by atoms with van der Waals surface area (Å²) in [6.07, 6.45) is -0.964. The summed E-state index contributed by atoms with van der Waals surface area (Å²) in [5.41, 5.74) is -0.766. The first-order chi connectivity index (χ1) is 10.5. The first kappa shape index (κ1) is 13.7. The van der Waals surface area contributed by atoms with Crippen LogP contribution in [0, 0.1) is 0 Å². The number of carbonyl (C=O) groups is 1. The van der Waals surface area contributed by atoms with E-state index in [1.54, 1.807) is 6.20 Å². The number of benzene rings is 1. The van der Waals surface area contributed by atoms with Crippen LogP contribution in [0.3, 0.4) is 0 Å². The highest BCUT2D eigenvalue weighted by atomic mass is 16.7. The number of carbonyl (C=O) groups excluding carboxylic acids is 1. The van der Waals surface area contributed by atoms with E-state index in [2.05, 4.69) is 4.98 Å². The minimum absolute atomic E-state index is 0.185. The molecule has 22 heavy (non-hydrogen) atoms. The van der Waals surface area contributed by atoms with Crippen molar-refractivity contribution >= 4 is 16.9 Å². The minimum Gasteiger partial charge on any atom is -0.451 e. The molecule has 4 rings (SSSR count). The molecule has 7 nitrogen and oxygen atoms in total. The first-order valence-corrected chi connectivity index (χ1v) is 6.98. The summed E-state index contributed by atoms with van der Waals surface area (Å²) in [6.45, 7) is -0.204. The average molecular weight is 305 g/mol. The lowest BCUT2D eigenvalue weighted by Crippen LogP contribution is -2.59. The number of aromatic nitrogens is 1. The van der Waals surface area contributed by atoms with Gasteiger partial charge in [-0.25, -0.2) is 4.79 Å². The zero-order valence-corrected chi connectivity index (χ0v) is 11.5. The van der Waals surface area contributed by atoms with Crippen LogP contribution in [0.4, 0.5) is 0 Å². The topological polar surface area (TPSA) is 112 Å². The molecular weight excluding hydrogens is 290 g/mol. The molecule has 4 N–H and O–H groups in total. The number of hydrogen-bond donors (Lipinski definition) is 4. The van der Waals surface area contributed by atoms with E-state index in [4.69, 9.17) is 9.47 Å². The number of aliphatic hydroxyl groups is 3. The molecule has 0 amide bonds. The predicted octanol–water partition coefficient (Wildman–Crippen LogP) is -0.553. The van der Waals surface area contributed by atoms with E-state index in [1.165, 1.54) is 0 Å². The van der Waals surface area contributed by atoms with Gasteiger partial charge in [0.2, 0.25) is 11.4 Å². The molecule has 0 aliphatic carbocycles. The van der Waals surface area contributed by atoms with E-state index in [1.807, 2.05) is 24.3 Å². The normalized spacial score (nSPS) is 37.5. The molecular formula is C15H15NO6. The SMILES string of the molecule is O=C1OC2C(O)CO[C@]2(O)[C@@]1(O)Cc1c[nH]c2ccccc12. The Bertz CT molecular complexity index is 757. The largest absolute Gasteiger partial charge is 0.451 e. The molecule has 7 heteroatoms. The first-order valence-electron chi connectivity index (χ1n) is 6.98. The Kier molecular flexibility index (Phi) is 2.68. The van der Waals surface area contributed by atoms with Crippen LogP contribution in [0.15, 0.2) is 30.5 Å². The molecule has 2 fully saturated rings. The fourth-order valence-corrected chi connectivity index (χ4v) is 3.27. The molecule has 2 saturated heterocycles. The second-order valence-corrected chi connectivity index (χ2v) is 5.80. The third-order valence-corrected chi connectivity index (χ3v) is 4.49. The maximum atomic E-state index is 12.1. The van der Waals surface area contributed by atoms with Gasteiger partial charge in [0.1, 0.15) is 6.10 Å². The van der Waals surface area contributed by atoms with Crippen molar-refractivity contribution in [3.63, 3.8) is 0 Å². The fourth-order valence-electron chi connectivity index (χ4n) is 3.27. The smallest absolute Gasteiger partial charge is 0.344 e. The molecule has 0 spiro atoms. The summed E-state index contributed by atoms with van der Waals surface area (Å²) in [5, 5.41) is 31.9. The van der Waals surface area contributed by atoms with Gasteiger partial charge in [-0.05, 0) is 11.6 Å². The summed E-state index contributed by atoms with van der Waals surface area (Å²) in [6, 6.07) is 7.41. The monoisotopic (exact) mass is 305 g/mol. The molecule has 1 aromatic heterocycles. The summed E-state index contributed by atoms with van der Waals surface area (Å²) in [4.78, 5) is 15.1. The third-order valence-electron chi connectivity index (χ3n) is 4.49. The zero-order chi connectivity index (χ0) is 15.5. The van der Waals surface area contributed by atoms with E-state index < -0.39 is 29.6 Å². The Morgan fingerprint density at radius 2 is 2.09 bits per heavy atom. The van der Waals surface area contributed by atoms with Gasteiger partial charge in [-0.2, -0.15) is 0 Å². The van der Waals surface area contributed by atoms with Crippen molar-refractivity contribution in [2.75, 3.05) is 6.61 Å². The number of H-pyrrole nitrogens is 1. The number of para-hydroxylation sites is 1. The Balaban J connectivity index is 1.76. The van der Waals surface area contributed by atoms with Crippen LogP contribution < -0.4 is 0 Å².